The number of benzene rings is 9. The predicted molar refractivity (Wildman–Crippen MR) is 234 cm³/mol. The lowest BCUT2D eigenvalue weighted by Crippen LogP contribution is -2.11. The molecule has 0 aliphatic rings. The predicted octanol–water partition coefficient (Wildman–Crippen LogP) is 15.2. The minimum Gasteiger partial charge on any atom is -0.310 e. The molecule has 0 saturated heterocycles. The molecule has 9 aromatic rings. The first kappa shape index (κ1) is 33.6. The van der Waals surface area contributed by atoms with Crippen LogP contribution in [0.4, 0.5) is 17.1 Å². The molecule has 0 amide bonds. The van der Waals surface area contributed by atoms with E-state index < -0.39 is 0 Å². The van der Waals surface area contributed by atoms with Crippen LogP contribution in [0.2, 0.25) is 0 Å². The Hall–Kier alpha value is -7.22. The van der Waals surface area contributed by atoms with Gasteiger partial charge in [-0.05, 0) is 97.6 Å². The van der Waals surface area contributed by atoms with Crippen LogP contribution in [-0.2, 0) is 0 Å². The highest BCUT2D eigenvalue weighted by atomic mass is 15.1. The zero-order valence-corrected chi connectivity index (χ0v) is 30.5. The molecule has 0 radical (unpaired) electrons. The van der Waals surface area contributed by atoms with Crippen molar-refractivity contribution in [3.05, 3.63) is 237 Å². The molecule has 260 valence electrons. The van der Waals surface area contributed by atoms with Gasteiger partial charge in [0, 0.05) is 16.9 Å². The number of nitrogens with zero attached hydrogens (tertiary/aromatic N) is 1. The van der Waals surface area contributed by atoms with Gasteiger partial charge in [0.15, 0.2) is 0 Å². The Morgan fingerprint density at radius 2 is 0.527 bits per heavy atom. The van der Waals surface area contributed by atoms with Crippen LogP contribution in [-0.4, -0.2) is 0 Å². The fourth-order valence-electron chi connectivity index (χ4n) is 7.50. The van der Waals surface area contributed by atoms with Gasteiger partial charge in [-0.25, -0.2) is 0 Å². The first-order valence-corrected chi connectivity index (χ1v) is 18.8. The Labute approximate surface area is 324 Å². The lowest BCUT2D eigenvalue weighted by Gasteiger charge is -2.28. The molecule has 0 bridgehead atoms. The molecule has 1 nitrogen and oxygen atoms in total. The number of anilines is 3. The zero-order valence-electron chi connectivity index (χ0n) is 30.5. The van der Waals surface area contributed by atoms with Gasteiger partial charge in [-0.15, -0.1) is 0 Å². The van der Waals surface area contributed by atoms with Gasteiger partial charge in [0.2, 0.25) is 0 Å². The van der Waals surface area contributed by atoms with Crippen LogP contribution < -0.4 is 4.90 Å². The molecule has 1 heteroatoms. The maximum absolute atomic E-state index is 2.38. The molecule has 0 N–H and O–H groups in total. The van der Waals surface area contributed by atoms with Crippen molar-refractivity contribution in [2.45, 2.75) is 0 Å². The monoisotopic (exact) mass is 701 g/mol. The topological polar surface area (TPSA) is 3.24 Å². The highest BCUT2D eigenvalue weighted by molar-refractivity contribution is 5.91. The summed E-state index contributed by atoms with van der Waals surface area (Å²) in [5.74, 6) is 0. The van der Waals surface area contributed by atoms with Gasteiger partial charge in [-0.2, -0.15) is 0 Å². The second-order valence-corrected chi connectivity index (χ2v) is 13.7. The highest BCUT2D eigenvalue weighted by Gasteiger charge is 2.18. The van der Waals surface area contributed by atoms with Gasteiger partial charge in [0.05, 0.1) is 5.69 Å². The largest absolute Gasteiger partial charge is 0.310 e. The summed E-state index contributed by atoms with van der Waals surface area (Å²) >= 11 is 0. The average molecular weight is 702 g/mol. The van der Waals surface area contributed by atoms with E-state index in [2.05, 4.69) is 241 Å². The standard InChI is InChI=1S/C54H39N/c1-5-15-40(16-6-1)42-25-27-47(28-26-42)52-23-13-14-24-54(52)55(49-34-29-43(30-35-49)41-17-7-2-8-18-41)50-36-31-44(32-37-50)48-33-38-51(45-19-9-3-10-20-45)53(39-48)46-21-11-4-12-22-46/h1-39H. The van der Waals surface area contributed by atoms with Crippen molar-refractivity contribution in [3.63, 3.8) is 0 Å². The Balaban J connectivity index is 1.12. The summed E-state index contributed by atoms with van der Waals surface area (Å²) in [6, 6.07) is 84.9. The molecule has 55 heavy (non-hydrogen) atoms. The first-order valence-electron chi connectivity index (χ1n) is 18.8. The van der Waals surface area contributed by atoms with Gasteiger partial charge in [-0.1, -0.05) is 200 Å². The second-order valence-electron chi connectivity index (χ2n) is 13.7. The molecule has 0 heterocycles. The molecule has 9 aromatic carbocycles. The van der Waals surface area contributed by atoms with E-state index in [0.717, 1.165) is 17.1 Å². The quantitative estimate of drug-likeness (QED) is 0.145. The summed E-state index contributed by atoms with van der Waals surface area (Å²) in [6.07, 6.45) is 0. The fraction of sp³-hybridized carbons (Fsp3) is 0. The molecular formula is C54H39N. The molecule has 0 aromatic heterocycles. The maximum Gasteiger partial charge on any atom is 0.0540 e. The van der Waals surface area contributed by atoms with Crippen LogP contribution in [0.5, 0.6) is 0 Å². The van der Waals surface area contributed by atoms with Crippen LogP contribution >= 0.6 is 0 Å². The van der Waals surface area contributed by atoms with Crippen molar-refractivity contribution in [1.29, 1.82) is 0 Å². The summed E-state index contributed by atoms with van der Waals surface area (Å²) in [7, 11) is 0. The summed E-state index contributed by atoms with van der Waals surface area (Å²) in [4.78, 5) is 2.38. The normalized spacial score (nSPS) is 10.9. The molecule has 0 unspecified atom stereocenters. The Morgan fingerprint density at radius 3 is 1.04 bits per heavy atom. The third-order valence-electron chi connectivity index (χ3n) is 10.3. The smallest absolute Gasteiger partial charge is 0.0540 e. The first-order chi connectivity index (χ1) is 27.3. The van der Waals surface area contributed by atoms with Gasteiger partial charge >= 0.3 is 0 Å². The second kappa shape index (κ2) is 15.4. The van der Waals surface area contributed by atoms with Gasteiger partial charge in [0.25, 0.3) is 0 Å². The lowest BCUT2D eigenvalue weighted by molar-refractivity contribution is 1.28. The molecule has 0 fully saturated rings. The summed E-state index contributed by atoms with van der Waals surface area (Å²) in [5.41, 5.74) is 17.7. The molecule has 0 aliphatic carbocycles. The van der Waals surface area contributed by atoms with Crippen LogP contribution in [0.3, 0.4) is 0 Å². The lowest BCUT2D eigenvalue weighted by atomic mass is 9.91. The van der Waals surface area contributed by atoms with Crippen molar-refractivity contribution in [2.24, 2.45) is 0 Å². The van der Waals surface area contributed by atoms with E-state index in [1.165, 1.54) is 66.8 Å². The van der Waals surface area contributed by atoms with E-state index >= 15 is 0 Å². The SMILES string of the molecule is c1ccc(-c2ccc(-c3ccccc3N(c3ccc(-c4ccccc4)cc3)c3ccc(-c4ccc(-c5ccccc5)c(-c5ccccc5)c4)cc3)cc2)cc1. The number of rotatable bonds is 9. The minimum absolute atomic E-state index is 1.09. The molecule has 0 saturated carbocycles. The molecule has 0 spiro atoms. The van der Waals surface area contributed by atoms with Crippen LogP contribution in [0.15, 0.2) is 237 Å². The fourth-order valence-corrected chi connectivity index (χ4v) is 7.50. The number of hydrogen-bond acceptors (Lipinski definition) is 1. The van der Waals surface area contributed by atoms with Crippen molar-refractivity contribution in [1.82, 2.24) is 0 Å². The van der Waals surface area contributed by atoms with Crippen LogP contribution in [0, 0.1) is 0 Å². The van der Waals surface area contributed by atoms with E-state index in [0.29, 0.717) is 0 Å². The Morgan fingerprint density at radius 1 is 0.200 bits per heavy atom. The maximum atomic E-state index is 2.38. The van der Waals surface area contributed by atoms with Crippen molar-refractivity contribution < 1.29 is 0 Å². The van der Waals surface area contributed by atoms with Crippen LogP contribution in [0.25, 0.3) is 66.8 Å². The highest BCUT2D eigenvalue weighted by Crippen LogP contribution is 2.43. The molecule has 9 rings (SSSR count). The van der Waals surface area contributed by atoms with Crippen molar-refractivity contribution >= 4 is 17.1 Å². The molecule has 0 atom stereocenters. The van der Waals surface area contributed by atoms with Crippen LogP contribution in [0.1, 0.15) is 0 Å². The Bertz CT molecular complexity index is 2630. The van der Waals surface area contributed by atoms with Crippen molar-refractivity contribution in [3.8, 4) is 66.8 Å². The summed E-state index contributed by atoms with van der Waals surface area (Å²) in [5, 5.41) is 0. The van der Waals surface area contributed by atoms with E-state index in [9.17, 15) is 0 Å². The van der Waals surface area contributed by atoms with Crippen molar-refractivity contribution in [2.75, 3.05) is 4.90 Å². The third-order valence-corrected chi connectivity index (χ3v) is 10.3. The summed E-state index contributed by atoms with van der Waals surface area (Å²) in [6.45, 7) is 0. The van der Waals surface area contributed by atoms with E-state index in [-0.39, 0.29) is 0 Å². The van der Waals surface area contributed by atoms with E-state index in [1.54, 1.807) is 0 Å². The Kier molecular flexibility index (Phi) is 9.41. The number of para-hydroxylation sites is 1. The van der Waals surface area contributed by atoms with E-state index in [4.69, 9.17) is 0 Å². The van der Waals surface area contributed by atoms with E-state index in [1.807, 2.05) is 0 Å². The number of hydrogen-bond donors (Lipinski definition) is 0. The molecular weight excluding hydrogens is 663 g/mol. The zero-order chi connectivity index (χ0) is 36.8. The third kappa shape index (κ3) is 7.12. The van der Waals surface area contributed by atoms with Gasteiger partial charge in [-0.3, -0.25) is 0 Å². The van der Waals surface area contributed by atoms with Gasteiger partial charge in [0.1, 0.15) is 0 Å². The molecule has 0 aliphatic heterocycles. The minimum atomic E-state index is 1.09. The van der Waals surface area contributed by atoms with Gasteiger partial charge < -0.3 is 4.90 Å². The summed E-state index contributed by atoms with van der Waals surface area (Å²) < 4.78 is 0. The average Bonchev–Trinajstić information content (AvgIpc) is 3.28.